The van der Waals surface area contributed by atoms with Gasteiger partial charge in [0.2, 0.25) is 5.91 Å². The van der Waals surface area contributed by atoms with Crippen LogP contribution in [0.4, 0.5) is 0 Å². The largest absolute Gasteiger partial charge is 0.400 e. The number of hydrogen-bond donors (Lipinski definition) is 2. The Labute approximate surface area is 180 Å². The minimum atomic E-state index is -0.553. The van der Waals surface area contributed by atoms with Gasteiger partial charge in [-0.05, 0) is 30.9 Å². The highest BCUT2D eigenvalue weighted by Gasteiger charge is 2.38. The van der Waals surface area contributed by atoms with Gasteiger partial charge in [-0.3, -0.25) is 14.6 Å². The summed E-state index contributed by atoms with van der Waals surface area (Å²) >= 11 is 1.61. The Kier molecular flexibility index (Phi) is 6.99. The molecule has 2 aliphatic rings. The maximum absolute atomic E-state index is 12.6. The lowest BCUT2D eigenvalue weighted by Crippen LogP contribution is -2.46. The van der Waals surface area contributed by atoms with E-state index >= 15 is 0 Å². The summed E-state index contributed by atoms with van der Waals surface area (Å²) in [5, 5.41) is 9.93. The number of hydrogen-bond acceptors (Lipinski definition) is 6. The van der Waals surface area contributed by atoms with Crippen LogP contribution in [0.1, 0.15) is 44.0 Å². The number of amides is 2. The first-order chi connectivity index (χ1) is 14.5. The molecule has 0 aliphatic carbocycles. The summed E-state index contributed by atoms with van der Waals surface area (Å²) in [5.74, 6) is 0.563. The molecule has 2 atom stereocenters. The maximum Gasteiger partial charge on any atom is 0.254 e. The number of benzene rings is 1. The zero-order valence-electron chi connectivity index (χ0n) is 17.8. The van der Waals surface area contributed by atoms with Gasteiger partial charge < -0.3 is 15.3 Å². The molecule has 0 saturated carbocycles. The Morgan fingerprint density at radius 3 is 2.57 bits per heavy atom. The van der Waals surface area contributed by atoms with Crippen molar-refractivity contribution in [1.82, 2.24) is 15.2 Å². The second-order valence-corrected chi connectivity index (χ2v) is 8.49. The fourth-order valence-electron chi connectivity index (χ4n) is 3.86. The zero-order chi connectivity index (χ0) is 21.8. The summed E-state index contributed by atoms with van der Waals surface area (Å²) in [4.78, 5) is 37.0. The number of nitrogens with one attached hydrogen (secondary N) is 1. The lowest BCUT2D eigenvalue weighted by Gasteiger charge is -2.26. The van der Waals surface area contributed by atoms with Gasteiger partial charge >= 0.3 is 0 Å². The molecule has 7 nitrogen and oxygen atoms in total. The molecule has 0 radical (unpaired) electrons. The molecule has 1 fully saturated rings. The SMILES string of the molecule is CO.Cc1ncsc1-c1ccc(C2N=C(C3CCCN3C(=O)C(C)C)NC2=O)cc1. The van der Waals surface area contributed by atoms with Crippen LogP contribution in [0.3, 0.4) is 0 Å². The zero-order valence-corrected chi connectivity index (χ0v) is 18.6. The van der Waals surface area contributed by atoms with E-state index in [-0.39, 0.29) is 23.8 Å². The van der Waals surface area contributed by atoms with E-state index in [4.69, 9.17) is 5.11 Å². The number of likely N-dealkylation sites (tertiary alicyclic amines) is 1. The average molecular weight is 429 g/mol. The third-order valence-electron chi connectivity index (χ3n) is 5.35. The van der Waals surface area contributed by atoms with Gasteiger partial charge in [0, 0.05) is 19.6 Å². The molecule has 4 rings (SSSR count). The van der Waals surface area contributed by atoms with Crippen LogP contribution in [-0.2, 0) is 9.59 Å². The van der Waals surface area contributed by atoms with Crippen LogP contribution >= 0.6 is 11.3 Å². The Hall–Kier alpha value is -2.58. The summed E-state index contributed by atoms with van der Waals surface area (Å²) in [6.45, 7) is 6.53. The molecule has 2 N–H and O–H groups in total. The number of aryl methyl sites for hydroxylation is 1. The second kappa shape index (κ2) is 9.49. The Morgan fingerprint density at radius 2 is 1.97 bits per heavy atom. The van der Waals surface area contributed by atoms with Crippen molar-refractivity contribution in [3.63, 3.8) is 0 Å². The Morgan fingerprint density at radius 1 is 1.27 bits per heavy atom. The summed E-state index contributed by atoms with van der Waals surface area (Å²) in [5.41, 5.74) is 4.80. The predicted molar refractivity (Wildman–Crippen MR) is 118 cm³/mol. The first kappa shape index (κ1) is 22.1. The number of rotatable bonds is 4. The van der Waals surface area contributed by atoms with Crippen LogP contribution < -0.4 is 5.32 Å². The van der Waals surface area contributed by atoms with Crippen LogP contribution in [0.15, 0.2) is 34.8 Å². The minimum absolute atomic E-state index is 0.0585. The van der Waals surface area contributed by atoms with Crippen molar-refractivity contribution in [2.45, 2.75) is 45.7 Å². The highest BCUT2D eigenvalue weighted by Crippen LogP contribution is 2.31. The molecule has 0 spiro atoms. The van der Waals surface area contributed by atoms with Crippen molar-refractivity contribution in [2.24, 2.45) is 10.9 Å². The monoisotopic (exact) mass is 428 g/mol. The number of carbonyl (C=O) groups excluding carboxylic acids is 2. The van der Waals surface area contributed by atoms with Gasteiger partial charge in [-0.2, -0.15) is 0 Å². The van der Waals surface area contributed by atoms with E-state index < -0.39 is 6.04 Å². The van der Waals surface area contributed by atoms with Crippen LogP contribution in [0.2, 0.25) is 0 Å². The van der Waals surface area contributed by atoms with E-state index in [9.17, 15) is 9.59 Å². The van der Waals surface area contributed by atoms with Crippen molar-refractivity contribution < 1.29 is 14.7 Å². The highest BCUT2D eigenvalue weighted by molar-refractivity contribution is 7.13. The summed E-state index contributed by atoms with van der Waals surface area (Å²) < 4.78 is 0. The molecular formula is C22H28N4O3S. The Balaban J connectivity index is 0.00000124. The lowest BCUT2D eigenvalue weighted by molar-refractivity contribution is -0.134. The van der Waals surface area contributed by atoms with Crippen molar-refractivity contribution in [3.05, 3.63) is 41.0 Å². The summed E-state index contributed by atoms with van der Waals surface area (Å²) in [7, 11) is 1.00. The Bertz CT molecular complexity index is 936. The summed E-state index contributed by atoms with van der Waals surface area (Å²) in [6, 6.07) is 7.26. The number of aliphatic hydroxyl groups excluding tert-OH is 1. The minimum Gasteiger partial charge on any atom is -0.400 e. The normalized spacial score (nSPS) is 20.7. The molecule has 2 aliphatic heterocycles. The summed E-state index contributed by atoms with van der Waals surface area (Å²) in [6.07, 6.45) is 1.78. The second-order valence-electron chi connectivity index (χ2n) is 7.64. The van der Waals surface area contributed by atoms with Crippen LogP contribution in [0, 0.1) is 12.8 Å². The van der Waals surface area contributed by atoms with Gasteiger partial charge in [-0.25, -0.2) is 4.98 Å². The van der Waals surface area contributed by atoms with Gasteiger partial charge in [0.1, 0.15) is 5.84 Å². The number of aliphatic imine (C=N–C) groups is 1. The number of carbonyl (C=O) groups is 2. The van der Waals surface area contributed by atoms with E-state index in [0.717, 1.165) is 48.2 Å². The molecule has 3 heterocycles. The number of aliphatic hydroxyl groups is 1. The van der Waals surface area contributed by atoms with Crippen LogP contribution in [0.5, 0.6) is 0 Å². The maximum atomic E-state index is 12.6. The van der Waals surface area contributed by atoms with E-state index in [0.29, 0.717) is 5.84 Å². The molecule has 2 amide bonds. The molecule has 1 aromatic heterocycles. The average Bonchev–Trinajstić information content (AvgIpc) is 3.48. The van der Waals surface area contributed by atoms with Gasteiger partial charge in [-0.15, -0.1) is 11.3 Å². The molecule has 1 aromatic carbocycles. The fourth-order valence-corrected chi connectivity index (χ4v) is 4.67. The molecule has 160 valence electrons. The molecule has 0 bridgehead atoms. The van der Waals surface area contributed by atoms with Gasteiger partial charge in [0.15, 0.2) is 6.04 Å². The third-order valence-corrected chi connectivity index (χ3v) is 6.32. The number of aromatic nitrogens is 1. The van der Waals surface area contributed by atoms with E-state index in [1.165, 1.54) is 0 Å². The van der Waals surface area contributed by atoms with Crippen LogP contribution in [-0.4, -0.2) is 52.3 Å². The van der Waals surface area contributed by atoms with Crippen molar-refractivity contribution in [1.29, 1.82) is 0 Å². The first-order valence-corrected chi connectivity index (χ1v) is 11.0. The molecule has 30 heavy (non-hydrogen) atoms. The molecule has 2 unspecified atom stereocenters. The van der Waals surface area contributed by atoms with Crippen molar-refractivity contribution in [2.75, 3.05) is 13.7 Å². The van der Waals surface area contributed by atoms with Crippen molar-refractivity contribution >= 4 is 29.0 Å². The van der Waals surface area contributed by atoms with E-state index in [1.54, 1.807) is 11.3 Å². The number of amidine groups is 1. The number of nitrogens with zero attached hydrogens (tertiary/aromatic N) is 3. The first-order valence-electron chi connectivity index (χ1n) is 10.1. The molecule has 2 aromatic rings. The smallest absolute Gasteiger partial charge is 0.254 e. The van der Waals surface area contributed by atoms with E-state index in [2.05, 4.69) is 15.3 Å². The fraction of sp³-hybridized carbons (Fsp3) is 0.455. The van der Waals surface area contributed by atoms with Gasteiger partial charge in [0.25, 0.3) is 5.91 Å². The van der Waals surface area contributed by atoms with Gasteiger partial charge in [-0.1, -0.05) is 38.1 Å². The predicted octanol–water partition coefficient (Wildman–Crippen LogP) is 2.94. The topological polar surface area (TPSA) is 94.9 Å². The number of thiazole rings is 1. The lowest BCUT2D eigenvalue weighted by atomic mass is 10.0. The quantitative estimate of drug-likeness (QED) is 0.783. The molecule has 1 saturated heterocycles. The standard InChI is InChI=1S/C21H24N4O2S.CH4O/c1-12(2)21(27)25-10-4-5-16(25)19-23-17(20(26)24-19)14-6-8-15(9-7-14)18-13(3)22-11-28-18;1-2/h6-9,11-12,16-17H,4-5,10H2,1-3H3,(H,23,24,26);2H,1H3. The van der Waals surface area contributed by atoms with Crippen LogP contribution in [0.25, 0.3) is 10.4 Å². The van der Waals surface area contributed by atoms with Gasteiger partial charge in [0.05, 0.1) is 22.1 Å². The highest BCUT2D eigenvalue weighted by atomic mass is 32.1. The molecular weight excluding hydrogens is 400 g/mol. The molecule has 8 heteroatoms. The third kappa shape index (κ3) is 4.29. The van der Waals surface area contributed by atoms with Crippen molar-refractivity contribution in [3.8, 4) is 10.4 Å². The van der Waals surface area contributed by atoms with E-state index in [1.807, 2.05) is 55.4 Å².